The molecule has 100 valence electrons. The van der Waals surface area contributed by atoms with Gasteiger partial charge in [0.1, 0.15) is 5.76 Å². The smallest absolute Gasteiger partial charge is 0.371 e. The van der Waals surface area contributed by atoms with Crippen molar-refractivity contribution in [3.05, 3.63) is 51.9 Å². The van der Waals surface area contributed by atoms with Crippen LogP contribution in [0.1, 0.15) is 34.8 Å². The molecule has 0 bridgehead atoms. The van der Waals surface area contributed by atoms with E-state index in [1.54, 1.807) is 6.07 Å². The van der Waals surface area contributed by atoms with E-state index in [4.69, 9.17) is 9.52 Å². The lowest BCUT2D eigenvalue weighted by atomic mass is 10.2. The van der Waals surface area contributed by atoms with Crippen LogP contribution in [0.15, 0.2) is 39.2 Å². The second-order valence-corrected chi connectivity index (χ2v) is 5.19. The second-order valence-electron chi connectivity index (χ2n) is 4.34. The molecule has 0 amide bonds. The third-order valence-corrected chi connectivity index (χ3v) is 3.70. The van der Waals surface area contributed by atoms with Crippen molar-refractivity contribution in [2.45, 2.75) is 19.9 Å². The number of carboxylic acid groups (broad SMARTS) is 1. The Morgan fingerprint density at radius 3 is 2.68 bits per heavy atom. The topological polar surface area (TPSA) is 62.5 Å². The lowest BCUT2D eigenvalue weighted by Crippen LogP contribution is -2.05. The molecule has 0 fully saturated rings. The largest absolute Gasteiger partial charge is 0.475 e. The SMILES string of the molecule is Cc1cc(NC(C)c2ccc(C(=O)O)o2)ccc1Br. The molecular formula is C14H14BrNO3. The predicted octanol–water partition coefficient (Wildman–Crippen LogP) is 4.22. The van der Waals surface area contributed by atoms with Gasteiger partial charge in [-0.05, 0) is 49.7 Å². The number of carboxylic acids is 1. The molecule has 0 aliphatic rings. The summed E-state index contributed by atoms with van der Waals surface area (Å²) in [6.45, 7) is 3.93. The standard InChI is InChI=1S/C14H14BrNO3/c1-8-7-10(3-4-11(8)15)16-9(2)12-5-6-13(19-12)14(17)18/h3-7,9,16H,1-2H3,(H,17,18). The summed E-state index contributed by atoms with van der Waals surface area (Å²) in [5.41, 5.74) is 2.09. The van der Waals surface area contributed by atoms with Crippen LogP contribution < -0.4 is 5.32 Å². The summed E-state index contributed by atoms with van der Waals surface area (Å²) in [7, 11) is 0. The van der Waals surface area contributed by atoms with Gasteiger partial charge in [0.25, 0.3) is 0 Å². The molecule has 4 nitrogen and oxygen atoms in total. The van der Waals surface area contributed by atoms with Crippen molar-refractivity contribution >= 4 is 27.6 Å². The van der Waals surface area contributed by atoms with E-state index < -0.39 is 5.97 Å². The molecular weight excluding hydrogens is 310 g/mol. The number of nitrogens with one attached hydrogen (secondary N) is 1. The summed E-state index contributed by atoms with van der Waals surface area (Å²) in [5, 5.41) is 12.1. The monoisotopic (exact) mass is 323 g/mol. The average molecular weight is 324 g/mol. The number of carbonyl (C=O) groups is 1. The van der Waals surface area contributed by atoms with Gasteiger partial charge >= 0.3 is 5.97 Å². The van der Waals surface area contributed by atoms with Gasteiger partial charge in [0.2, 0.25) is 5.76 Å². The Hall–Kier alpha value is -1.75. The third-order valence-electron chi connectivity index (χ3n) is 2.81. The van der Waals surface area contributed by atoms with Gasteiger partial charge in [0, 0.05) is 10.2 Å². The van der Waals surface area contributed by atoms with Gasteiger partial charge in [-0.25, -0.2) is 4.79 Å². The molecule has 2 rings (SSSR count). The molecule has 1 heterocycles. The zero-order valence-electron chi connectivity index (χ0n) is 10.6. The van der Waals surface area contributed by atoms with Crippen LogP contribution >= 0.6 is 15.9 Å². The molecule has 0 saturated heterocycles. The Morgan fingerprint density at radius 2 is 2.11 bits per heavy atom. The van der Waals surface area contributed by atoms with Gasteiger partial charge in [0.15, 0.2) is 0 Å². The fraction of sp³-hybridized carbons (Fsp3) is 0.214. The van der Waals surface area contributed by atoms with Crippen molar-refractivity contribution in [1.29, 1.82) is 0 Å². The van der Waals surface area contributed by atoms with Gasteiger partial charge in [0.05, 0.1) is 6.04 Å². The van der Waals surface area contributed by atoms with E-state index in [-0.39, 0.29) is 11.8 Å². The molecule has 0 radical (unpaired) electrons. The fourth-order valence-electron chi connectivity index (χ4n) is 1.76. The normalized spacial score (nSPS) is 12.2. The molecule has 0 saturated carbocycles. The number of aryl methyl sites for hydroxylation is 1. The molecule has 0 aliphatic heterocycles. The summed E-state index contributed by atoms with van der Waals surface area (Å²) in [4.78, 5) is 10.8. The Morgan fingerprint density at radius 1 is 1.37 bits per heavy atom. The Balaban J connectivity index is 2.13. The molecule has 2 aromatic rings. The Bertz CT molecular complexity index is 606. The minimum Gasteiger partial charge on any atom is -0.475 e. The number of aromatic carboxylic acids is 1. The molecule has 2 N–H and O–H groups in total. The first-order valence-electron chi connectivity index (χ1n) is 5.83. The van der Waals surface area contributed by atoms with Crippen LogP contribution in [0.2, 0.25) is 0 Å². The van der Waals surface area contributed by atoms with Crippen LogP contribution in [0.25, 0.3) is 0 Å². The zero-order chi connectivity index (χ0) is 14.0. The maximum atomic E-state index is 10.8. The van der Waals surface area contributed by atoms with Gasteiger partial charge in [-0.15, -0.1) is 0 Å². The lowest BCUT2D eigenvalue weighted by Gasteiger charge is -2.13. The fourth-order valence-corrected chi connectivity index (χ4v) is 2.00. The van der Waals surface area contributed by atoms with E-state index in [1.165, 1.54) is 6.07 Å². The van der Waals surface area contributed by atoms with Gasteiger partial charge in [-0.2, -0.15) is 0 Å². The van der Waals surface area contributed by atoms with Gasteiger partial charge in [-0.3, -0.25) is 0 Å². The first-order valence-corrected chi connectivity index (χ1v) is 6.62. The molecule has 1 unspecified atom stereocenters. The average Bonchev–Trinajstić information content (AvgIpc) is 2.83. The molecule has 0 spiro atoms. The van der Waals surface area contributed by atoms with E-state index in [0.717, 1.165) is 15.7 Å². The van der Waals surface area contributed by atoms with Crippen LogP contribution in [0.4, 0.5) is 5.69 Å². The zero-order valence-corrected chi connectivity index (χ0v) is 12.2. The molecule has 19 heavy (non-hydrogen) atoms. The van der Waals surface area contributed by atoms with E-state index in [9.17, 15) is 4.79 Å². The summed E-state index contributed by atoms with van der Waals surface area (Å²) < 4.78 is 6.31. The highest BCUT2D eigenvalue weighted by Crippen LogP contribution is 2.24. The number of halogens is 1. The first kappa shape index (κ1) is 13.7. The molecule has 0 aliphatic carbocycles. The lowest BCUT2D eigenvalue weighted by molar-refractivity contribution is 0.0660. The van der Waals surface area contributed by atoms with Crippen molar-refractivity contribution in [2.24, 2.45) is 0 Å². The number of anilines is 1. The van der Waals surface area contributed by atoms with Crippen molar-refractivity contribution in [1.82, 2.24) is 0 Å². The molecule has 5 heteroatoms. The highest BCUT2D eigenvalue weighted by molar-refractivity contribution is 9.10. The van der Waals surface area contributed by atoms with Gasteiger partial charge in [-0.1, -0.05) is 15.9 Å². The first-order chi connectivity index (χ1) is 8.97. The number of hydrogen-bond acceptors (Lipinski definition) is 3. The minimum atomic E-state index is -1.06. The second kappa shape index (κ2) is 5.48. The quantitative estimate of drug-likeness (QED) is 0.884. The predicted molar refractivity (Wildman–Crippen MR) is 76.6 cm³/mol. The summed E-state index contributed by atoms with van der Waals surface area (Å²) in [6.07, 6.45) is 0. The summed E-state index contributed by atoms with van der Waals surface area (Å²) >= 11 is 3.45. The molecule has 1 atom stereocenters. The maximum Gasteiger partial charge on any atom is 0.371 e. The van der Waals surface area contributed by atoms with Crippen molar-refractivity contribution in [2.75, 3.05) is 5.32 Å². The highest BCUT2D eigenvalue weighted by Gasteiger charge is 2.14. The van der Waals surface area contributed by atoms with Gasteiger partial charge < -0.3 is 14.8 Å². The molecule has 1 aromatic carbocycles. The Kier molecular flexibility index (Phi) is 3.95. The third kappa shape index (κ3) is 3.17. The number of benzene rings is 1. The number of furan rings is 1. The maximum absolute atomic E-state index is 10.8. The van der Waals surface area contributed by atoms with E-state index in [2.05, 4.69) is 21.2 Å². The Labute approximate surface area is 119 Å². The van der Waals surface area contributed by atoms with Crippen LogP contribution in [-0.2, 0) is 0 Å². The van der Waals surface area contributed by atoms with Crippen molar-refractivity contribution in [3.8, 4) is 0 Å². The molecule has 1 aromatic heterocycles. The minimum absolute atomic E-state index is 0.0457. The van der Waals surface area contributed by atoms with Crippen LogP contribution in [0, 0.1) is 6.92 Å². The number of hydrogen-bond donors (Lipinski definition) is 2. The summed E-state index contributed by atoms with van der Waals surface area (Å²) in [6, 6.07) is 8.97. The van der Waals surface area contributed by atoms with Crippen molar-refractivity contribution < 1.29 is 14.3 Å². The highest BCUT2D eigenvalue weighted by atomic mass is 79.9. The van der Waals surface area contributed by atoms with E-state index >= 15 is 0 Å². The number of rotatable bonds is 4. The van der Waals surface area contributed by atoms with E-state index in [1.807, 2.05) is 32.0 Å². The van der Waals surface area contributed by atoms with E-state index in [0.29, 0.717) is 5.76 Å². The van der Waals surface area contributed by atoms with Crippen molar-refractivity contribution in [3.63, 3.8) is 0 Å². The van der Waals surface area contributed by atoms with Crippen LogP contribution in [0.3, 0.4) is 0 Å². The van der Waals surface area contributed by atoms with Crippen LogP contribution in [0.5, 0.6) is 0 Å². The summed E-state index contributed by atoms with van der Waals surface area (Å²) in [5.74, 6) is -0.508. The van der Waals surface area contributed by atoms with Crippen LogP contribution in [-0.4, -0.2) is 11.1 Å².